The number of amides is 5. The molecule has 5 rings (SSSR count). The number of hydrogen-bond donors (Lipinski definition) is 3. The van der Waals surface area contributed by atoms with E-state index in [0.29, 0.717) is 23.0 Å². The standard InChI is InChI=1S/C29H29F2N5O4/c30-21-7-5-18(6-8-21)13-27(37)35-28(38)33-25-10-9-22(14-24(25)31)40-23-11-12-32-26(15-23)34-29(39)36-16-20(17-36)19-3-1-2-4-19/h5-12,14-15,19-20H,1-4,13,16-17H2,(H,32,34,39)(H2,33,35,37,38). The molecule has 0 spiro atoms. The van der Waals surface area contributed by atoms with Gasteiger partial charge in [-0.2, -0.15) is 0 Å². The molecule has 0 atom stereocenters. The number of carbonyl (C=O) groups excluding carboxylic acids is 3. The highest BCUT2D eigenvalue weighted by atomic mass is 19.1. The van der Waals surface area contributed by atoms with Crippen molar-refractivity contribution in [3.8, 4) is 11.5 Å². The Morgan fingerprint density at radius 1 is 0.900 bits per heavy atom. The van der Waals surface area contributed by atoms with Gasteiger partial charge in [-0.25, -0.2) is 23.4 Å². The van der Waals surface area contributed by atoms with E-state index >= 15 is 0 Å². The third-order valence-corrected chi connectivity index (χ3v) is 7.19. The number of ether oxygens (including phenoxy) is 1. The molecular formula is C29H29F2N5O4. The number of likely N-dealkylation sites (tertiary alicyclic amines) is 1. The molecule has 2 aromatic carbocycles. The van der Waals surface area contributed by atoms with Crippen LogP contribution in [0.4, 0.5) is 29.9 Å². The molecule has 40 heavy (non-hydrogen) atoms. The van der Waals surface area contributed by atoms with Crippen molar-refractivity contribution < 1.29 is 27.9 Å². The maximum Gasteiger partial charge on any atom is 0.325 e. The molecule has 1 aliphatic carbocycles. The van der Waals surface area contributed by atoms with Crippen molar-refractivity contribution in [1.82, 2.24) is 15.2 Å². The van der Waals surface area contributed by atoms with Gasteiger partial charge in [0.05, 0.1) is 12.1 Å². The summed E-state index contributed by atoms with van der Waals surface area (Å²) in [5, 5.41) is 7.16. The second kappa shape index (κ2) is 12.1. The van der Waals surface area contributed by atoms with E-state index in [2.05, 4.69) is 20.9 Å². The minimum absolute atomic E-state index is 0.143. The SMILES string of the molecule is O=C(Cc1ccc(F)cc1)NC(=O)Nc1ccc(Oc2ccnc(NC(=O)N3CC(C4CCCC4)C3)c2)cc1F. The van der Waals surface area contributed by atoms with Crippen LogP contribution in [0.25, 0.3) is 0 Å². The first-order valence-electron chi connectivity index (χ1n) is 13.2. The smallest absolute Gasteiger partial charge is 0.325 e. The summed E-state index contributed by atoms with van der Waals surface area (Å²) in [5.41, 5.74) is 0.360. The van der Waals surface area contributed by atoms with Crippen LogP contribution in [-0.2, 0) is 11.2 Å². The molecule has 1 saturated heterocycles. The predicted octanol–water partition coefficient (Wildman–Crippen LogP) is 5.70. The van der Waals surface area contributed by atoms with Gasteiger partial charge in [-0.05, 0) is 47.7 Å². The third kappa shape index (κ3) is 6.90. The monoisotopic (exact) mass is 549 g/mol. The first-order chi connectivity index (χ1) is 19.3. The first-order valence-corrected chi connectivity index (χ1v) is 13.2. The van der Waals surface area contributed by atoms with Crippen molar-refractivity contribution in [2.75, 3.05) is 23.7 Å². The number of carbonyl (C=O) groups is 3. The minimum Gasteiger partial charge on any atom is -0.457 e. The summed E-state index contributed by atoms with van der Waals surface area (Å²) in [6.07, 6.45) is 6.40. The lowest BCUT2D eigenvalue weighted by atomic mass is 9.85. The summed E-state index contributed by atoms with van der Waals surface area (Å²) in [6.45, 7) is 1.51. The Bertz CT molecular complexity index is 1390. The van der Waals surface area contributed by atoms with Crippen molar-refractivity contribution in [3.05, 3.63) is 78.0 Å². The highest BCUT2D eigenvalue weighted by Crippen LogP contribution is 2.36. The van der Waals surface area contributed by atoms with E-state index < -0.39 is 23.6 Å². The molecule has 11 heteroatoms. The number of benzene rings is 2. The van der Waals surface area contributed by atoms with Gasteiger partial charge in [-0.3, -0.25) is 15.4 Å². The average Bonchev–Trinajstić information content (AvgIpc) is 3.41. The molecule has 5 amide bonds. The van der Waals surface area contributed by atoms with Gasteiger partial charge in [0, 0.05) is 31.4 Å². The lowest BCUT2D eigenvalue weighted by molar-refractivity contribution is -0.119. The summed E-state index contributed by atoms with van der Waals surface area (Å²) in [5.74, 6) is 0.261. The summed E-state index contributed by atoms with van der Waals surface area (Å²) in [7, 11) is 0. The van der Waals surface area contributed by atoms with Gasteiger partial charge in [0.25, 0.3) is 0 Å². The highest BCUT2D eigenvalue weighted by molar-refractivity contribution is 6.01. The summed E-state index contributed by atoms with van der Waals surface area (Å²) < 4.78 is 33.4. The Balaban J connectivity index is 1.11. The molecule has 9 nitrogen and oxygen atoms in total. The molecule has 0 radical (unpaired) electrons. The molecule has 1 aliphatic heterocycles. The average molecular weight is 550 g/mol. The van der Waals surface area contributed by atoms with Gasteiger partial charge in [0.2, 0.25) is 5.91 Å². The number of anilines is 2. The topological polar surface area (TPSA) is 113 Å². The molecule has 2 fully saturated rings. The second-order valence-corrected chi connectivity index (χ2v) is 10.1. The fraction of sp³-hybridized carbons (Fsp3) is 0.310. The zero-order valence-corrected chi connectivity index (χ0v) is 21.7. The molecule has 1 aromatic heterocycles. The molecule has 208 valence electrons. The van der Waals surface area contributed by atoms with Crippen LogP contribution in [0, 0.1) is 23.5 Å². The molecule has 2 aliphatic rings. The number of aromatic nitrogens is 1. The van der Waals surface area contributed by atoms with E-state index in [1.165, 1.54) is 74.3 Å². The van der Waals surface area contributed by atoms with E-state index in [4.69, 9.17) is 4.74 Å². The number of rotatable bonds is 7. The van der Waals surface area contributed by atoms with E-state index in [1.807, 2.05) is 0 Å². The minimum atomic E-state index is -0.911. The molecule has 1 saturated carbocycles. The lowest BCUT2D eigenvalue weighted by Gasteiger charge is -2.42. The van der Waals surface area contributed by atoms with E-state index in [9.17, 15) is 23.2 Å². The quantitative estimate of drug-likeness (QED) is 0.350. The fourth-order valence-electron chi connectivity index (χ4n) is 5.05. The molecule has 3 N–H and O–H groups in total. The van der Waals surface area contributed by atoms with E-state index in [1.54, 1.807) is 11.0 Å². The van der Waals surface area contributed by atoms with Crippen molar-refractivity contribution in [1.29, 1.82) is 0 Å². The number of urea groups is 2. The Kier molecular flexibility index (Phi) is 8.18. The third-order valence-electron chi connectivity index (χ3n) is 7.19. The number of nitrogens with zero attached hydrogens (tertiary/aromatic N) is 2. The van der Waals surface area contributed by atoms with E-state index in [-0.39, 0.29) is 23.9 Å². The number of pyridine rings is 1. The zero-order chi connectivity index (χ0) is 28.1. The van der Waals surface area contributed by atoms with Crippen molar-refractivity contribution >= 4 is 29.5 Å². The van der Waals surface area contributed by atoms with Gasteiger partial charge < -0.3 is 15.0 Å². The van der Waals surface area contributed by atoms with Crippen LogP contribution in [0.5, 0.6) is 11.5 Å². The Hall–Kier alpha value is -4.54. The molecule has 3 aromatic rings. The van der Waals surface area contributed by atoms with Crippen LogP contribution < -0.4 is 20.7 Å². The maximum absolute atomic E-state index is 14.6. The molecule has 0 unspecified atom stereocenters. The Morgan fingerprint density at radius 2 is 1.62 bits per heavy atom. The van der Waals surface area contributed by atoms with Crippen LogP contribution in [0.2, 0.25) is 0 Å². The van der Waals surface area contributed by atoms with Crippen molar-refractivity contribution in [2.45, 2.75) is 32.1 Å². The maximum atomic E-state index is 14.6. The van der Waals surface area contributed by atoms with Crippen LogP contribution in [-0.4, -0.2) is 40.9 Å². The van der Waals surface area contributed by atoms with Crippen LogP contribution in [0.1, 0.15) is 31.2 Å². The zero-order valence-electron chi connectivity index (χ0n) is 21.7. The van der Waals surface area contributed by atoms with Crippen LogP contribution in [0.3, 0.4) is 0 Å². The Labute approximate surface area is 229 Å². The lowest BCUT2D eigenvalue weighted by Crippen LogP contribution is -2.53. The number of imide groups is 1. The molecular weight excluding hydrogens is 520 g/mol. The highest BCUT2D eigenvalue weighted by Gasteiger charge is 2.37. The van der Waals surface area contributed by atoms with Crippen molar-refractivity contribution in [2.24, 2.45) is 11.8 Å². The number of halogens is 2. The number of hydrogen-bond acceptors (Lipinski definition) is 5. The summed E-state index contributed by atoms with van der Waals surface area (Å²) in [4.78, 5) is 42.7. The number of nitrogens with one attached hydrogen (secondary N) is 3. The van der Waals surface area contributed by atoms with Gasteiger partial charge in [0.15, 0.2) is 0 Å². The fourth-order valence-corrected chi connectivity index (χ4v) is 5.05. The van der Waals surface area contributed by atoms with E-state index in [0.717, 1.165) is 25.1 Å². The predicted molar refractivity (Wildman–Crippen MR) is 144 cm³/mol. The second-order valence-electron chi connectivity index (χ2n) is 10.1. The Morgan fingerprint density at radius 3 is 2.35 bits per heavy atom. The van der Waals surface area contributed by atoms with Crippen LogP contribution in [0.15, 0.2) is 60.8 Å². The summed E-state index contributed by atoms with van der Waals surface area (Å²) >= 11 is 0. The normalized spacial score (nSPS) is 15.3. The molecule has 0 bridgehead atoms. The largest absolute Gasteiger partial charge is 0.457 e. The first kappa shape index (κ1) is 27.0. The van der Waals surface area contributed by atoms with Gasteiger partial charge in [-0.15, -0.1) is 0 Å². The van der Waals surface area contributed by atoms with Gasteiger partial charge in [0.1, 0.15) is 29.0 Å². The molecule has 2 heterocycles. The van der Waals surface area contributed by atoms with Crippen LogP contribution >= 0.6 is 0 Å². The van der Waals surface area contributed by atoms with Gasteiger partial charge in [-0.1, -0.05) is 37.8 Å². The van der Waals surface area contributed by atoms with Gasteiger partial charge >= 0.3 is 12.1 Å². The summed E-state index contributed by atoms with van der Waals surface area (Å²) in [6, 6.07) is 11.1. The van der Waals surface area contributed by atoms with Crippen molar-refractivity contribution in [3.63, 3.8) is 0 Å².